The maximum atomic E-state index is 12.3. The standard InChI is InChI=1S/C21H21N3O4/c1-4-9-28-16-7-5-14(6-8-16)13-22-24-21(25)18-10-15-11-19(26-2)20(27-3)12-17(15)23-18/h4-8,10-13,23H,1,9H2,2-3H3,(H,24,25)/b22-13-. The fraction of sp³-hybridized carbons (Fsp3) is 0.143. The number of aromatic amines is 1. The molecule has 7 heteroatoms. The number of rotatable bonds is 8. The highest BCUT2D eigenvalue weighted by Crippen LogP contribution is 2.32. The lowest BCUT2D eigenvalue weighted by Gasteiger charge is -2.06. The highest BCUT2D eigenvalue weighted by atomic mass is 16.5. The number of hydrazone groups is 1. The van der Waals surface area contributed by atoms with Crippen molar-refractivity contribution in [2.45, 2.75) is 0 Å². The molecule has 28 heavy (non-hydrogen) atoms. The summed E-state index contributed by atoms with van der Waals surface area (Å²) in [6.07, 6.45) is 3.24. The van der Waals surface area contributed by atoms with Gasteiger partial charge in [-0.1, -0.05) is 12.7 Å². The first-order chi connectivity index (χ1) is 13.6. The molecule has 0 radical (unpaired) electrons. The Morgan fingerprint density at radius 3 is 2.54 bits per heavy atom. The number of benzene rings is 2. The fourth-order valence-corrected chi connectivity index (χ4v) is 2.61. The maximum absolute atomic E-state index is 12.3. The number of carbonyl (C=O) groups is 1. The van der Waals surface area contributed by atoms with Crippen LogP contribution < -0.4 is 19.6 Å². The second-order valence-corrected chi connectivity index (χ2v) is 5.85. The molecule has 3 aromatic rings. The van der Waals surface area contributed by atoms with Gasteiger partial charge in [-0.05, 0) is 42.0 Å². The van der Waals surface area contributed by atoms with Crippen molar-refractivity contribution in [1.29, 1.82) is 0 Å². The molecule has 0 saturated carbocycles. The molecule has 0 bridgehead atoms. The van der Waals surface area contributed by atoms with E-state index in [0.29, 0.717) is 23.8 Å². The van der Waals surface area contributed by atoms with Gasteiger partial charge in [-0.25, -0.2) is 5.43 Å². The monoisotopic (exact) mass is 379 g/mol. The van der Waals surface area contributed by atoms with E-state index in [1.54, 1.807) is 44.7 Å². The quantitative estimate of drug-likeness (QED) is 0.356. The van der Waals surface area contributed by atoms with Gasteiger partial charge in [0, 0.05) is 17.0 Å². The molecule has 0 aliphatic heterocycles. The third-order valence-electron chi connectivity index (χ3n) is 4.00. The first kappa shape index (κ1) is 19.0. The van der Waals surface area contributed by atoms with Gasteiger partial charge in [0.15, 0.2) is 11.5 Å². The zero-order chi connectivity index (χ0) is 19.9. The van der Waals surface area contributed by atoms with Gasteiger partial charge in [0.05, 0.1) is 20.4 Å². The molecule has 1 heterocycles. The van der Waals surface area contributed by atoms with Gasteiger partial charge in [-0.15, -0.1) is 0 Å². The first-order valence-corrected chi connectivity index (χ1v) is 8.56. The molecular weight excluding hydrogens is 358 g/mol. The lowest BCUT2D eigenvalue weighted by Crippen LogP contribution is -2.17. The Kier molecular flexibility index (Phi) is 5.96. The Balaban J connectivity index is 1.67. The molecule has 2 aromatic carbocycles. The Bertz CT molecular complexity index is 965. The molecule has 0 atom stereocenters. The van der Waals surface area contributed by atoms with Crippen molar-refractivity contribution in [3.8, 4) is 17.2 Å². The van der Waals surface area contributed by atoms with E-state index in [2.05, 4.69) is 22.1 Å². The van der Waals surface area contributed by atoms with Crippen molar-refractivity contribution >= 4 is 23.0 Å². The molecule has 0 spiro atoms. The number of amides is 1. The first-order valence-electron chi connectivity index (χ1n) is 8.56. The van der Waals surface area contributed by atoms with Crippen molar-refractivity contribution in [3.63, 3.8) is 0 Å². The van der Waals surface area contributed by atoms with Crippen LogP contribution in [0.4, 0.5) is 0 Å². The van der Waals surface area contributed by atoms with Gasteiger partial charge >= 0.3 is 0 Å². The van der Waals surface area contributed by atoms with Crippen LogP contribution in [-0.2, 0) is 0 Å². The molecule has 144 valence electrons. The number of fused-ring (bicyclic) bond motifs is 1. The minimum absolute atomic E-state index is 0.351. The summed E-state index contributed by atoms with van der Waals surface area (Å²) in [5, 5.41) is 4.83. The minimum Gasteiger partial charge on any atom is -0.493 e. The van der Waals surface area contributed by atoms with E-state index in [1.807, 2.05) is 24.3 Å². The molecule has 1 aromatic heterocycles. The van der Waals surface area contributed by atoms with Crippen molar-refractivity contribution in [3.05, 3.63) is 66.4 Å². The zero-order valence-electron chi connectivity index (χ0n) is 15.7. The average Bonchev–Trinajstić information content (AvgIpc) is 3.15. The number of H-pyrrole nitrogens is 1. The molecule has 0 aliphatic rings. The number of hydrogen-bond donors (Lipinski definition) is 2. The molecule has 0 saturated heterocycles. The second kappa shape index (κ2) is 8.77. The SMILES string of the molecule is C=CCOc1ccc(/C=N\NC(=O)c2cc3cc(OC)c(OC)cc3[nH]2)cc1. The topological polar surface area (TPSA) is 84.9 Å². The molecule has 0 unspecified atom stereocenters. The fourth-order valence-electron chi connectivity index (χ4n) is 2.61. The molecule has 0 aliphatic carbocycles. The Hall–Kier alpha value is -3.74. The molecule has 2 N–H and O–H groups in total. The molecule has 1 amide bonds. The summed E-state index contributed by atoms with van der Waals surface area (Å²) in [5.74, 6) is 1.57. The summed E-state index contributed by atoms with van der Waals surface area (Å²) in [6, 6.07) is 12.7. The summed E-state index contributed by atoms with van der Waals surface area (Å²) in [7, 11) is 3.13. The number of ether oxygens (including phenoxy) is 3. The van der Waals surface area contributed by atoms with Crippen LogP contribution >= 0.6 is 0 Å². The van der Waals surface area contributed by atoms with Crippen molar-refractivity contribution in [2.75, 3.05) is 20.8 Å². The van der Waals surface area contributed by atoms with Crippen LogP contribution in [0.2, 0.25) is 0 Å². The lowest BCUT2D eigenvalue weighted by molar-refractivity contribution is 0.0951. The zero-order valence-corrected chi connectivity index (χ0v) is 15.7. The van der Waals surface area contributed by atoms with Gasteiger partial charge in [-0.3, -0.25) is 4.79 Å². The van der Waals surface area contributed by atoms with Crippen LogP contribution in [0.3, 0.4) is 0 Å². The maximum Gasteiger partial charge on any atom is 0.287 e. The Labute approximate surface area is 162 Å². The predicted octanol–water partition coefficient (Wildman–Crippen LogP) is 3.51. The van der Waals surface area contributed by atoms with Gasteiger partial charge in [0.1, 0.15) is 18.1 Å². The van der Waals surface area contributed by atoms with E-state index in [4.69, 9.17) is 14.2 Å². The van der Waals surface area contributed by atoms with Gasteiger partial charge < -0.3 is 19.2 Å². The van der Waals surface area contributed by atoms with Crippen LogP contribution in [0.1, 0.15) is 16.1 Å². The van der Waals surface area contributed by atoms with E-state index < -0.39 is 0 Å². The highest BCUT2D eigenvalue weighted by Gasteiger charge is 2.12. The number of nitrogens with zero attached hydrogens (tertiary/aromatic N) is 1. The van der Waals surface area contributed by atoms with E-state index >= 15 is 0 Å². The van der Waals surface area contributed by atoms with Crippen LogP contribution in [0, 0.1) is 0 Å². The summed E-state index contributed by atoms with van der Waals surface area (Å²) in [5.41, 5.74) is 4.49. The van der Waals surface area contributed by atoms with E-state index in [-0.39, 0.29) is 5.91 Å². The number of carbonyl (C=O) groups excluding carboxylic acids is 1. The molecular formula is C21H21N3O4. The van der Waals surface area contributed by atoms with Crippen molar-refractivity contribution in [1.82, 2.24) is 10.4 Å². The third-order valence-corrected chi connectivity index (χ3v) is 4.00. The summed E-state index contributed by atoms with van der Waals surface area (Å²) >= 11 is 0. The largest absolute Gasteiger partial charge is 0.493 e. The van der Waals surface area contributed by atoms with Crippen molar-refractivity contribution < 1.29 is 19.0 Å². The minimum atomic E-state index is -0.351. The third kappa shape index (κ3) is 4.32. The van der Waals surface area contributed by atoms with Crippen LogP contribution in [0.5, 0.6) is 17.2 Å². The molecule has 7 nitrogen and oxygen atoms in total. The second-order valence-electron chi connectivity index (χ2n) is 5.85. The predicted molar refractivity (Wildman–Crippen MR) is 109 cm³/mol. The normalized spacial score (nSPS) is 10.8. The van der Waals surface area contributed by atoms with E-state index in [9.17, 15) is 4.79 Å². The van der Waals surface area contributed by atoms with Gasteiger partial charge in [0.25, 0.3) is 5.91 Å². The average molecular weight is 379 g/mol. The van der Waals surface area contributed by atoms with Gasteiger partial charge in [-0.2, -0.15) is 5.10 Å². The number of methoxy groups -OCH3 is 2. The summed E-state index contributed by atoms with van der Waals surface area (Å²) < 4.78 is 16.0. The van der Waals surface area contributed by atoms with E-state index in [0.717, 1.165) is 22.2 Å². The van der Waals surface area contributed by atoms with Crippen LogP contribution in [0.25, 0.3) is 10.9 Å². The highest BCUT2D eigenvalue weighted by molar-refractivity contribution is 5.99. The van der Waals surface area contributed by atoms with Crippen LogP contribution in [-0.4, -0.2) is 37.9 Å². The molecule has 0 fully saturated rings. The molecule has 3 rings (SSSR count). The number of aromatic nitrogens is 1. The Morgan fingerprint density at radius 2 is 1.86 bits per heavy atom. The summed E-state index contributed by atoms with van der Waals surface area (Å²) in [6.45, 7) is 4.06. The van der Waals surface area contributed by atoms with Gasteiger partial charge in [0.2, 0.25) is 0 Å². The van der Waals surface area contributed by atoms with Crippen molar-refractivity contribution in [2.24, 2.45) is 5.10 Å². The van der Waals surface area contributed by atoms with Crippen LogP contribution in [0.15, 0.2) is 60.2 Å². The summed E-state index contributed by atoms with van der Waals surface area (Å²) in [4.78, 5) is 15.4. The Morgan fingerprint density at radius 1 is 1.14 bits per heavy atom. The van der Waals surface area contributed by atoms with E-state index in [1.165, 1.54) is 0 Å². The number of hydrogen-bond acceptors (Lipinski definition) is 5. The number of nitrogens with one attached hydrogen (secondary N) is 2. The smallest absolute Gasteiger partial charge is 0.287 e. The lowest BCUT2D eigenvalue weighted by atomic mass is 10.2.